The van der Waals surface area contributed by atoms with E-state index in [0.29, 0.717) is 6.67 Å². The second-order valence-electron chi connectivity index (χ2n) is 5.77. The number of piperidine rings is 1. The third kappa shape index (κ3) is 3.71. The highest BCUT2D eigenvalue weighted by Gasteiger charge is 2.18. The Kier molecular flexibility index (Phi) is 4.92. The van der Waals surface area contributed by atoms with Crippen LogP contribution in [0, 0.1) is 0 Å². The molecule has 122 valence electrons. The summed E-state index contributed by atoms with van der Waals surface area (Å²) in [4.78, 5) is 20.3. The number of rotatable bonds is 3. The van der Waals surface area contributed by atoms with Crippen molar-refractivity contribution in [3.8, 4) is 0 Å². The van der Waals surface area contributed by atoms with Crippen LogP contribution in [0.15, 0.2) is 35.5 Å². The molecule has 6 nitrogen and oxygen atoms in total. The molecule has 6 heteroatoms. The van der Waals surface area contributed by atoms with Gasteiger partial charge in [-0.3, -0.25) is 9.89 Å². The van der Waals surface area contributed by atoms with Crippen LogP contribution in [0.2, 0.25) is 0 Å². The van der Waals surface area contributed by atoms with Crippen molar-refractivity contribution in [1.29, 1.82) is 0 Å². The summed E-state index contributed by atoms with van der Waals surface area (Å²) in [5.41, 5.74) is 2.54. The highest BCUT2D eigenvalue weighted by molar-refractivity contribution is 5.94. The smallest absolute Gasteiger partial charge is 0.327 e. The monoisotopic (exact) mass is 314 g/mol. The molecule has 2 amide bonds. The normalized spacial score (nSPS) is 17.4. The number of aliphatic imine (C=N–C) groups is 1. The van der Waals surface area contributed by atoms with Crippen molar-refractivity contribution in [3.63, 3.8) is 0 Å². The number of allylic oxidation sites excluding steroid dienone is 1. The Morgan fingerprint density at radius 2 is 2.09 bits per heavy atom. The van der Waals surface area contributed by atoms with Gasteiger partial charge < -0.3 is 15.3 Å². The Morgan fingerprint density at radius 3 is 2.78 bits per heavy atom. The van der Waals surface area contributed by atoms with E-state index in [1.807, 2.05) is 18.2 Å². The quantitative estimate of drug-likeness (QED) is 0.901. The standard InChI is InChI=1S/C17H22N4O2/c22-12-14-5-6-16(20-8-2-1-3-9-20)15(11-14)19-17(23)21-10-4-7-18-13-21/h4-7,10-11,22H,1-3,8-9,12-13H2,(H,19,23). The fourth-order valence-electron chi connectivity index (χ4n) is 2.90. The Morgan fingerprint density at radius 1 is 1.26 bits per heavy atom. The van der Waals surface area contributed by atoms with Gasteiger partial charge in [-0.2, -0.15) is 0 Å². The maximum Gasteiger partial charge on any atom is 0.327 e. The van der Waals surface area contributed by atoms with Crippen molar-refractivity contribution in [3.05, 3.63) is 36.0 Å². The molecule has 1 saturated heterocycles. The first-order chi connectivity index (χ1) is 11.3. The minimum atomic E-state index is -0.216. The predicted octanol–water partition coefficient (Wildman–Crippen LogP) is 2.56. The van der Waals surface area contributed by atoms with E-state index in [0.717, 1.165) is 30.0 Å². The number of nitrogens with one attached hydrogen (secondary N) is 1. The molecule has 2 aliphatic heterocycles. The molecule has 1 fully saturated rings. The summed E-state index contributed by atoms with van der Waals surface area (Å²) in [5.74, 6) is 0. The van der Waals surface area contributed by atoms with Gasteiger partial charge in [0.2, 0.25) is 0 Å². The van der Waals surface area contributed by atoms with E-state index in [-0.39, 0.29) is 12.6 Å². The van der Waals surface area contributed by atoms with Crippen molar-refractivity contribution < 1.29 is 9.90 Å². The Balaban J connectivity index is 1.81. The fraction of sp³-hybridized carbons (Fsp3) is 0.412. The number of aliphatic hydroxyl groups is 1. The van der Waals surface area contributed by atoms with Gasteiger partial charge in [0, 0.05) is 25.5 Å². The van der Waals surface area contributed by atoms with E-state index in [2.05, 4.69) is 15.2 Å². The molecule has 0 atom stereocenters. The zero-order chi connectivity index (χ0) is 16.1. The fourth-order valence-corrected chi connectivity index (χ4v) is 2.90. The van der Waals surface area contributed by atoms with Crippen LogP contribution in [0.3, 0.4) is 0 Å². The zero-order valence-electron chi connectivity index (χ0n) is 13.1. The summed E-state index contributed by atoms with van der Waals surface area (Å²) in [6.07, 6.45) is 8.70. The number of amides is 2. The first-order valence-corrected chi connectivity index (χ1v) is 8.01. The molecular formula is C17H22N4O2. The molecule has 2 heterocycles. The van der Waals surface area contributed by atoms with E-state index in [4.69, 9.17) is 0 Å². The number of nitrogens with zero attached hydrogens (tertiary/aromatic N) is 3. The highest BCUT2D eigenvalue weighted by atomic mass is 16.3. The van der Waals surface area contributed by atoms with Crippen LogP contribution >= 0.6 is 0 Å². The minimum Gasteiger partial charge on any atom is -0.392 e. The first kappa shape index (κ1) is 15.6. The number of hydrogen-bond acceptors (Lipinski definition) is 4. The molecule has 23 heavy (non-hydrogen) atoms. The lowest BCUT2D eigenvalue weighted by Crippen LogP contribution is -2.34. The number of urea groups is 1. The third-order valence-corrected chi connectivity index (χ3v) is 4.13. The van der Waals surface area contributed by atoms with Crippen molar-refractivity contribution in [2.75, 3.05) is 30.0 Å². The molecule has 2 aliphatic rings. The van der Waals surface area contributed by atoms with Gasteiger partial charge in [-0.25, -0.2) is 4.79 Å². The van der Waals surface area contributed by atoms with E-state index >= 15 is 0 Å². The number of carbonyl (C=O) groups excluding carboxylic acids is 1. The maximum atomic E-state index is 12.4. The second kappa shape index (κ2) is 7.28. The third-order valence-electron chi connectivity index (χ3n) is 4.13. The summed E-state index contributed by atoms with van der Waals surface area (Å²) < 4.78 is 0. The lowest BCUT2D eigenvalue weighted by atomic mass is 10.1. The van der Waals surface area contributed by atoms with Gasteiger partial charge in [-0.05, 0) is 43.0 Å². The average molecular weight is 314 g/mol. The van der Waals surface area contributed by atoms with Crippen LogP contribution in [0.25, 0.3) is 0 Å². The number of anilines is 2. The molecule has 2 N–H and O–H groups in total. The van der Waals surface area contributed by atoms with Gasteiger partial charge in [0.15, 0.2) is 0 Å². The summed E-state index contributed by atoms with van der Waals surface area (Å²) in [5, 5.41) is 12.3. The lowest BCUT2D eigenvalue weighted by Gasteiger charge is -2.31. The van der Waals surface area contributed by atoms with E-state index in [1.165, 1.54) is 24.2 Å². The number of hydrogen-bond donors (Lipinski definition) is 2. The molecule has 1 aromatic rings. The molecule has 0 aliphatic carbocycles. The SMILES string of the molecule is O=C(Nc1cc(CO)ccc1N1CCCCC1)N1C=CC=NC1. The second-order valence-corrected chi connectivity index (χ2v) is 5.77. The molecule has 3 rings (SSSR count). The topological polar surface area (TPSA) is 68.2 Å². The Labute approximate surface area is 136 Å². The predicted molar refractivity (Wildman–Crippen MR) is 91.8 cm³/mol. The van der Waals surface area contributed by atoms with E-state index in [1.54, 1.807) is 18.5 Å². The van der Waals surface area contributed by atoms with Crippen molar-refractivity contribution in [2.24, 2.45) is 4.99 Å². The van der Waals surface area contributed by atoms with Gasteiger partial charge in [-0.15, -0.1) is 0 Å². The van der Waals surface area contributed by atoms with Crippen LogP contribution in [0.1, 0.15) is 24.8 Å². The van der Waals surface area contributed by atoms with Gasteiger partial charge in [-0.1, -0.05) is 6.07 Å². The van der Waals surface area contributed by atoms with Gasteiger partial charge >= 0.3 is 6.03 Å². The minimum absolute atomic E-state index is 0.0446. The maximum absolute atomic E-state index is 12.4. The number of carbonyl (C=O) groups is 1. The molecule has 0 bridgehead atoms. The van der Waals surface area contributed by atoms with Crippen LogP contribution in [-0.4, -0.2) is 42.0 Å². The van der Waals surface area contributed by atoms with Crippen LogP contribution < -0.4 is 10.2 Å². The van der Waals surface area contributed by atoms with Crippen molar-refractivity contribution in [1.82, 2.24) is 4.90 Å². The molecule has 0 spiro atoms. The lowest BCUT2D eigenvalue weighted by molar-refractivity contribution is 0.229. The zero-order valence-corrected chi connectivity index (χ0v) is 13.1. The summed E-state index contributed by atoms with van der Waals surface area (Å²) in [6.45, 7) is 2.27. The molecule has 0 saturated carbocycles. The van der Waals surface area contributed by atoms with Crippen molar-refractivity contribution in [2.45, 2.75) is 25.9 Å². The number of benzene rings is 1. The molecule has 0 unspecified atom stereocenters. The first-order valence-electron chi connectivity index (χ1n) is 8.01. The molecule has 1 aromatic carbocycles. The number of aliphatic hydroxyl groups excluding tert-OH is 1. The molecule has 0 radical (unpaired) electrons. The molecular weight excluding hydrogens is 292 g/mol. The van der Waals surface area contributed by atoms with Gasteiger partial charge in [0.05, 0.1) is 18.0 Å². The van der Waals surface area contributed by atoms with Gasteiger partial charge in [0.25, 0.3) is 0 Å². The summed E-state index contributed by atoms with van der Waals surface area (Å²) in [7, 11) is 0. The van der Waals surface area contributed by atoms with Crippen molar-refractivity contribution >= 4 is 23.6 Å². The average Bonchev–Trinajstić information content (AvgIpc) is 2.63. The van der Waals surface area contributed by atoms with Crippen LogP contribution in [-0.2, 0) is 6.61 Å². The van der Waals surface area contributed by atoms with Gasteiger partial charge in [0.1, 0.15) is 6.67 Å². The van der Waals surface area contributed by atoms with E-state index < -0.39 is 0 Å². The largest absolute Gasteiger partial charge is 0.392 e. The van der Waals surface area contributed by atoms with Crippen LogP contribution in [0.4, 0.5) is 16.2 Å². The van der Waals surface area contributed by atoms with E-state index in [9.17, 15) is 9.90 Å². The summed E-state index contributed by atoms with van der Waals surface area (Å²) >= 11 is 0. The summed E-state index contributed by atoms with van der Waals surface area (Å²) in [6, 6.07) is 5.52. The van der Waals surface area contributed by atoms with Crippen LogP contribution in [0.5, 0.6) is 0 Å². The highest BCUT2D eigenvalue weighted by Crippen LogP contribution is 2.30. The Hall–Kier alpha value is -2.34. The Bertz CT molecular complexity index is 621. The molecule has 0 aromatic heterocycles.